The summed E-state index contributed by atoms with van der Waals surface area (Å²) in [5.41, 5.74) is 2.16. The number of allylic oxidation sites excluding steroid dienone is 1. The maximum absolute atomic E-state index is 10.0. The largest absolute Gasteiger partial charge is 0.492 e. The fraction of sp³-hybridized carbons (Fsp3) is 0.312. The van der Waals surface area contributed by atoms with Crippen molar-refractivity contribution in [1.29, 1.82) is 0 Å². The first-order valence-electron chi connectivity index (χ1n) is 7.41. The van der Waals surface area contributed by atoms with Gasteiger partial charge in [0, 0.05) is 29.6 Å². The van der Waals surface area contributed by atoms with E-state index in [2.05, 4.69) is 46.0 Å². The van der Waals surface area contributed by atoms with Crippen LogP contribution in [-0.4, -0.2) is 32.3 Å². The molecular formula is C16H18ClN5O. The third-order valence-electron chi connectivity index (χ3n) is 3.85. The maximum Gasteiger partial charge on any atom is 0.238 e. The van der Waals surface area contributed by atoms with Crippen LogP contribution in [0.3, 0.4) is 0 Å². The molecule has 0 spiro atoms. The fourth-order valence-electron chi connectivity index (χ4n) is 2.15. The number of nitrogens with zero attached hydrogens (tertiary/aromatic N) is 3. The number of anilines is 1. The summed E-state index contributed by atoms with van der Waals surface area (Å²) in [4.78, 5) is 15.6. The number of hydrogen-bond donors (Lipinski definition) is 3. The lowest BCUT2D eigenvalue weighted by Gasteiger charge is -2.16. The quantitative estimate of drug-likeness (QED) is 0.793. The summed E-state index contributed by atoms with van der Waals surface area (Å²) < 4.78 is 0. The van der Waals surface area contributed by atoms with Crippen LogP contribution in [0.4, 0.5) is 11.8 Å². The standard InChI is InChI=1S/C16H18ClN5O/c1-8(2)9(3)20-16-21-13(15(23)22-16)4-10-6-18-14-12(10)5-11(17)7-19-14/h4-9,23H,1-3H3,(H2,20,21,22). The molecule has 3 rings (SSSR count). The highest BCUT2D eigenvalue weighted by atomic mass is 35.5. The van der Waals surface area contributed by atoms with E-state index in [0.717, 1.165) is 11.1 Å². The second-order valence-corrected chi connectivity index (χ2v) is 6.32. The second kappa shape index (κ2) is 6.04. The molecule has 120 valence electrons. The number of pyridine rings is 1. The van der Waals surface area contributed by atoms with Gasteiger partial charge in [-0.15, -0.1) is 0 Å². The number of hydrogen-bond acceptors (Lipinski definition) is 5. The van der Waals surface area contributed by atoms with Crippen molar-refractivity contribution in [3.8, 4) is 5.88 Å². The van der Waals surface area contributed by atoms with Crippen LogP contribution in [0.25, 0.3) is 11.6 Å². The molecule has 3 heterocycles. The smallest absolute Gasteiger partial charge is 0.238 e. The Bertz CT molecular complexity index is 794. The minimum Gasteiger partial charge on any atom is -0.492 e. The number of nitrogens with one attached hydrogen (secondary N) is 2. The number of rotatable bonds is 4. The Morgan fingerprint density at radius 3 is 2.87 bits per heavy atom. The van der Waals surface area contributed by atoms with Gasteiger partial charge in [-0.05, 0) is 25.0 Å². The number of imidazole rings is 1. The van der Waals surface area contributed by atoms with Gasteiger partial charge in [0.05, 0.1) is 5.02 Å². The molecule has 1 atom stereocenters. The van der Waals surface area contributed by atoms with Crippen LogP contribution in [0, 0.1) is 5.92 Å². The van der Waals surface area contributed by atoms with Crippen molar-refractivity contribution in [1.82, 2.24) is 15.0 Å². The van der Waals surface area contributed by atoms with Gasteiger partial charge in [-0.1, -0.05) is 25.4 Å². The van der Waals surface area contributed by atoms with Gasteiger partial charge in [0.25, 0.3) is 0 Å². The lowest BCUT2D eigenvalue weighted by Crippen LogP contribution is -2.22. The summed E-state index contributed by atoms with van der Waals surface area (Å²) >= 11 is 5.99. The van der Waals surface area contributed by atoms with Crippen molar-refractivity contribution in [3.63, 3.8) is 0 Å². The number of fused-ring (bicyclic) bond motifs is 1. The summed E-state index contributed by atoms with van der Waals surface area (Å²) in [6.07, 6.45) is 5.03. The Balaban J connectivity index is 1.89. The van der Waals surface area contributed by atoms with Gasteiger partial charge in [-0.3, -0.25) is 0 Å². The maximum atomic E-state index is 10.0. The average molecular weight is 332 g/mol. The zero-order valence-corrected chi connectivity index (χ0v) is 13.9. The van der Waals surface area contributed by atoms with Gasteiger partial charge in [0.15, 0.2) is 5.82 Å². The van der Waals surface area contributed by atoms with Gasteiger partial charge >= 0.3 is 0 Å². The van der Waals surface area contributed by atoms with Crippen molar-refractivity contribution in [2.24, 2.45) is 10.9 Å². The third kappa shape index (κ3) is 3.22. The Hall–Kier alpha value is -2.34. The van der Waals surface area contributed by atoms with E-state index in [1.807, 2.05) is 0 Å². The molecule has 0 aliphatic carbocycles. The topological polar surface area (TPSA) is 86.2 Å². The van der Waals surface area contributed by atoms with Crippen molar-refractivity contribution in [2.75, 3.05) is 5.32 Å². The zero-order valence-electron chi connectivity index (χ0n) is 13.1. The normalized spacial score (nSPS) is 16.1. The number of halogens is 1. The molecule has 1 aliphatic rings. The summed E-state index contributed by atoms with van der Waals surface area (Å²) in [6.45, 7) is 6.30. The SMILES string of the molecule is CC(C)C(C)Nc1nc(O)c(C=C2C=Nc3ncc(Cl)cc32)[nH]1. The van der Waals surface area contributed by atoms with Gasteiger partial charge in [0.2, 0.25) is 11.8 Å². The van der Waals surface area contributed by atoms with E-state index in [0.29, 0.717) is 28.4 Å². The zero-order chi connectivity index (χ0) is 16.6. The van der Waals surface area contributed by atoms with Gasteiger partial charge in [0.1, 0.15) is 5.69 Å². The molecule has 2 aromatic rings. The van der Waals surface area contributed by atoms with E-state index in [1.54, 1.807) is 24.6 Å². The van der Waals surface area contributed by atoms with E-state index < -0.39 is 0 Å². The molecule has 0 fully saturated rings. The van der Waals surface area contributed by atoms with E-state index >= 15 is 0 Å². The van der Waals surface area contributed by atoms with Crippen molar-refractivity contribution >= 4 is 41.2 Å². The molecule has 2 aromatic heterocycles. The average Bonchev–Trinajstić information content (AvgIpc) is 3.03. The van der Waals surface area contributed by atoms with E-state index in [9.17, 15) is 5.11 Å². The van der Waals surface area contributed by atoms with E-state index in [1.165, 1.54) is 0 Å². The van der Waals surface area contributed by atoms with Crippen LogP contribution in [-0.2, 0) is 0 Å². The highest BCUT2D eigenvalue weighted by Crippen LogP contribution is 2.33. The summed E-state index contributed by atoms with van der Waals surface area (Å²) in [7, 11) is 0. The molecule has 0 saturated heterocycles. The molecule has 0 amide bonds. The van der Waals surface area contributed by atoms with Crippen LogP contribution in [0.1, 0.15) is 32.0 Å². The summed E-state index contributed by atoms with van der Waals surface area (Å²) in [5, 5.41) is 13.8. The first-order valence-corrected chi connectivity index (χ1v) is 7.79. The Morgan fingerprint density at radius 1 is 1.35 bits per heavy atom. The predicted octanol–water partition coefficient (Wildman–Crippen LogP) is 3.88. The van der Waals surface area contributed by atoms with Gasteiger partial charge < -0.3 is 15.4 Å². The molecule has 1 unspecified atom stereocenters. The first-order chi connectivity index (χ1) is 10.9. The molecule has 0 radical (unpaired) electrons. The monoisotopic (exact) mass is 331 g/mol. The number of aliphatic imine (C=N–C) groups is 1. The second-order valence-electron chi connectivity index (χ2n) is 5.88. The van der Waals surface area contributed by atoms with Crippen LogP contribution in [0.2, 0.25) is 5.02 Å². The van der Waals surface area contributed by atoms with Crippen LogP contribution in [0.15, 0.2) is 17.3 Å². The van der Waals surface area contributed by atoms with Crippen molar-refractivity contribution in [2.45, 2.75) is 26.8 Å². The highest BCUT2D eigenvalue weighted by molar-refractivity contribution is 6.31. The predicted molar refractivity (Wildman–Crippen MR) is 93.4 cm³/mol. The molecule has 0 saturated carbocycles. The van der Waals surface area contributed by atoms with Crippen LogP contribution < -0.4 is 5.32 Å². The van der Waals surface area contributed by atoms with Crippen molar-refractivity contribution in [3.05, 3.63) is 28.5 Å². The van der Waals surface area contributed by atoms with E-state index in [-0.39, 0.29) is 11.9 Å². The molecule has 0 aromatic carbocycles. The van der Waals surface area contributed by atoms with E-state index in [4.69, 9.17) is 11.6 Å². The lowest BCUT2D eigenvalue weighted by atomic mass is 10.1. The third-order valence-corrected chi connectivity index (χ3v) is 4.05. The Morgan fingerprint density at radius 2 is 2.13 bits per heavy atom. The number of aromatic nitrogens is 3. The van der Waals surface area contributed by atoms with Crippen molar-refractivity contribution < 1.29 is 5.11 Å². The summed E-state index contributed by atoms with van der Waals surface area (Å²) in [6, 6.07) is 2.04. The first kappa shape index (κ1) is 15.6. The molecule has 6 nitrogen and oxygen atoms in total. The van der Waals surface area contributed by atoms with Crippen LogP contribution in [0.5, 0.6) is 5.88 Å². The molecule has 3 N–H and O–H groups in total. The Kier molecular flexibility index (Phi) is 4.09. The highest BCUT2D eigenvalue weighted by Gasteiger charge is 2.17. The molecular weight excluding hydrogens is 314 g/mol. The number of aromatic amines is 1. The fourth-order valence-corrected chi connectivity index (χ4v) is 2.30. The summed E-state index contributed by atoms with van der Waals surface area (Å²) in [5.74, 6) is 1.54. The minimum absolute atomic E-state index is 0.0622. The number of aromatic hydroxyl groups is 1. The minimum atomic E-state index is -0.0622. The number of H-pyrrole nitrogens is 1. The molecule has 0 bridgehead atoms. The molecule has 7 heteroatoms. The van der Waals surface area contributed by atoms with Gasteiger partial charge in [-0.25, -0.2) is 9.98 Å². The lowest BCUT2D eigenvalue weighted by molar-refractivity contribution is 0.455. The Labute approximate surface area is 139 Å². The van der Waals surface area contributed by atoms with Crippen LogP contribution >= 0.6 is 11.6 Å². The molecule has 1 aliphatic heterocycles. The molecule has 23 heavy (non-hydrogen) atoms. The van der Waals surface area contributed by atoms with Gasteiger partial charge in [-0.2, -0.15) is 4.98 Å².